The Bertz CT molecular complexity index is 528. The van der Waals surface area contributed by atoms with Gasteiger partial charge in [0.05, 0.1) is 12.1 Å². The maximum Gasteiger partial charge on any atom is 0.237 e. The summed E-state index contributed by atoms with van der Waals surface area (Å²) in [6.07, 6.45) is -0.199. The number of aliphatic hydroxyl groups is 1. The standard InChI is InChI=1S/C15H18N2O2S/c16-13(8-11-4-2-1-3-5-11)15(19)17-9-14(18)12-6-7-20-10-12/h1-7,10,13-14,18H,8-9,16H2,(H,17,19)/t13-,14?/m1/s1. The van der Waals surface area contributed by atoms with Gasteiger partial charge in [0, 0.05) is 6.54 Å². The van der Waals surface area contributed by atoms with Crippen LogP contribution in [0.25, 0.3) is 0 Å². The largest absolute Gasteiger partial charge is 0.387 e. The lowest BCUT2D eigenvalue weighted by atomic mass is 10.1. The number of benzene rings is 1. The zero-order valence-electron chi connectivity index (χ0n) is 11.0. The Morgan fingerprint density at radius 3 is 2.70 bits per heavy atom. The van der Waals surface area contributed by atoms with Crippen molar-refractivity contribution < 1.29 is 9.90 Å². The molecule has 1 aromatic heterocycles. The summed E-state index contributed by atoms with van der Waals surface area (Å²) in [5.74, 6) is -0.247. The second-order valence-electron chi connectivity index (χ2n) is 4.61. The maximum absolute atomic E-state index is 11.9. The Hall–Kier alpha value is -1.69. The highest BCUT2D eigenvalue weighted by Crippen LogP contribution is 2.15. The zero-order valence-corrected chi connectivity index (χ0v) is 11.8. The first-order chi connectivity index (χ1) is 9.66. The molecule has 1 unspecified atom stereocenters. The number of carbonyl (C=O) groups excluding carboxylic acids is 1. The molecule has 5 heteroatoms. The van der Waals surface area contributed by atoms with E-state index in [2.05, 4.69) is 5.32 Å². The molecule has 20 heavy (non-hydrogen) atoms. The van der Waals surface area contributed by atoms with Crippen molar-refractivity contribution in [2.75, 3.05) is 6.54 Å². The van der Waals surface area contributed by atoms with Gasteiger partial charge in [0.15, 0.2) is 0 Å². The van der Waals surface area contributed by atoms with Crippen molar-refractivity contribution in [3.05, 3.63) is 58.3 Å². The van der Waals surface area contributed by atoms with Crippen molar-refractivity contribution in [1.82, 2.24) is 5.32 Å². The van der Waals surface area contributed by atoms with E-state index in [0.717, 1.165) is 11.1 Å². The molecular formula is C15H18N2O2S. The summed E-state index contributed by atoms with van der Waals surface area (Å²) >= 11 is 1.51. The molecule has 4 N–H and O–H groups in total. The van der Waals surface area contributed by atoms with E-state index in [4.69, 9.17) is 5.73 Å². The molecule has 106 valence electrons. The molecule has 2 aromatic rings. The summed E-state index contributed by atoms with van der Waals surface area (Å²) in [7, 11) is 0. The molecule has 0 aliphatic rings. The normalized spacial score (nSPS) is 13.7. The number of rotatable bonds is 6. The van der Waals surface area contributed by atoms with Gasteiger partial charge in [0.1, 0.15) is 0 Å². The van der Waals surface area contributed by atoms with Crippen molar-refractivity contribution in [3.8, 4) is 0 Å². The van der Waals surface area contributed by atoms with E-state index in [1.807, 2.05) is 47.2 Å². The predicted molar refractivity (Wildman–Crippen MR) is 80.4 cm³/mol. The molecule has 2 atom stereocenters. The first kappa shape index (κ1) is 14.7. The second kappa shape index (κ2) is 7.19. The number of carbonyl (C=O) groups is 1. The third-order valence-corrected chi connectivity index (χ3v) is 3.73. The van der Waals surface area contributed by atoms with Gasteiger partial charge in [-0.15, -0.1) is 0 Å². The van der Waals surface area contributed by atoms with Crippen molar-refractivity contribution in [2.45, 2.75) is 18.6 Å². The number of hydrogen-bond donors (Lipinski definition) is 3. The Morgan fingerprint density at radius 1 is 1.30 bits per heavy atom. The molecule has 0 fully saturated rings. The minimum atomic E-state index is -0.686. The Balaban J connectivity index is 1.79. The van der Waals surface area contributed by atoms with Gasteiger partial charge in [-0.05, 0) is 34.4 Å². The molecular weight excluding hydrogens is 272 g/mol. The first-order valence-corrected chi connectivity index (χ1v) is 7.38. The monoisotopic (exact) mass is 290 g/mol. The van der Waals surface area contributed by atoms with Gasteiger partial charge in [-0.1, -0.05) is 30.3 Å². The van der Waals surface area contributed by atoms with E-state index in [0.29, 0.717) is 6.42 Å². The quantitative estimate of drug-likeness (QED) is 0.754. The van der Waals surface area contributed by atoms with E-state index in [1.54, 1.807) is 0 Å². The maximum atomic E-state index is 11.9. The minimum Gasteiger partial charge on any atom is -0.387 e. The zero-order chi connectivity index (χ0) is 14.4. The molecule has 2 rings (SSSR count). The van der Waals surface area contributed by atoms with E-state index in [1.165, 1.54) is 11.3 Å². The van der Waals surface area contributed by atoms with Gasteiger partial charge in [0.2, 0.25) is 5.91 Å². The van der Waals surface area contributed by atoms with Gasteiger partial charge in [-0.2, -0.15) is 11.3 Å². The predicted octanol–water partition coefficient (Wildman–Crippen LogP) is 1.47. The third kappa shape index (κ3) is 4.16. The van der Waals surface area contributed by atoms with Crippen molar-refractivity contribution >= 4 is 17.2 Å². The molecule has 0 saturated heterocycles. The Kier molecular flexibility index (Phi) is 5.29. The third-order valence-electron chi connectivity index (χ3n) is 3.03. The molecule has 1 heterocycles. The fourth-order valence-electron chi connectivity index (χ4n) is 1.87. The van der Waals surface area contributed by atoms with Crippen LogP contribution in [-0.2, 0) is 11.2 Å². The van der Waals surface area contributed by atoms with Crippen LogP contribution in [0.1, 0.15) is 17.2 Å². The van der Waals surface area contributed by atoms with E-state index >= 15 is 0 Å². The van der Waals surface area contributed by atoms with Crippen molar-refractivity contribution in [3.63, 3.8) is 0 Å². The Labute approximate surface area is 122 Å². The molecule has 1 amide bonds. The molecule has 1 aromatic carbocycles. The average molecular weight is 290 g/mol. The van der Waals surface area contributed by atoms with Crippen molar-refractivity contribution in [2.24, 2.45) is 5.73 Å². The van der Waals surface area contributed by atoms with Gasteiger partial charge >= 0.3 is 0 Å². The summed E-state index contributed by atoms with van der Waals surface area (Å²) < 4.78 is 0. The van der Waals surface area contributed by atoms with Crippen LogP contribution in [0.2, 0.25) is 0 Å². The number of hydrogen-bond acceptors (Lipinski definition) is 4. The molecule has 4 nitrogen and oxygen atoms in total. The van der Waals surface area contributed by atoms with Crippen LogP contribution in [0.5, 0.6) is 0 Å². The van der Waals surface area contributed by atoms with Crippen LogP contribution in [-0.4, -0.2) is 23.6 Å². The summed E-state index contributed by atoms with van der Waals surface area (Å²) in [6, 6.07) is 10.9. The van der Waals surface area contributed by atoms with Gasteiger partial charge in [-0.25, -0.2) is 0 Å². The lowest BCUT2D eigenvalue weighted by Gasteiger charge is -2.14. The number of amides is 1. The highest BCUT2D eigenvalue weighted by molar-refractivity contribution is 7.07. The van der Waals surface area contributed by atoms with E-state index in [9.17, 15) is 9.90 Å². The first-order valence-electron chi connectivity index (χ1n) is 6.44. The van der Waals surface area contributed by atoms with Crippen LogP contribution < -0.4 is 11.1 Å². The van der Waals surface area contributed by atoms with Gasteiger partial charge in [-0.3, -0.25) is 4.79 Å². The van der Waals surface area contributed by atoms with E-state index in [-0.39, 0.29) is 12.5 Å². The highest BCUT2D eigenvalue weighted by atomic mass is 32.1. The molecule has 0 aliphatic heterocycles. The number of nitrogens with two attached hydrogens (primary N) is 1. The van der Waals surface area contributed by atoms with Crippen molar-refractivity contribution in [1.29, 1.82) is 0 Å². The SMILES string of the molecule is N[C@H](Cc1ccccc1)C(=O)NCC(O)c1ccsc1. The average Bonchev–Trinajstić information content (AvgIpc) is 2.99. The topological polar surface area (TPSA) is 75.4 Å². The second-order valence-corrected chi connectivity index (χ2v) is 5.39. The summed E-state index contributed by atoms with van der Waals surface area (Å²) in [5.41, 5.74) is 7.70. The summed E-state index contributed by atoms with van der Waals surface area (Å²) in [5, 5.41) is 16.3. The lowest BCUT2D eigenvalue weighted by molar-refractivity contribution is -0.122. The van der Waals surface area contributed by atoms with Crippen LogP contribution in [0, 0.1) is 0 Å². The Morgan fingerprint density at radius 2 is 2.05 bits per heavy atom. The summed E-state index contributed by atoms with van der Waals surface area (Å²) in [4.78, 5) is 11.9. The summed E-state index contributed by atoms with van der Waals surface area (Å²) in [6.45, 7) is 0.179. The number of nitrogens with one attached hydrogen (secondary N) is 1. The molecule has 0 bridgehead atoms. The van der Waals surface area contributed by atoms with E-state index < -0.39 is 12.1 Å². The molecule has 0 radical (unpaired) electrons. The molecule has 0 spiro atoms. The fourth-order valence-corrected chi connectivity index (χ4v) is 2.58. The number of aliphatic hydroxyl groups excluding tert-OH is 1. The smallest absolute Gasteiger partial charge is 0.237 e. The van der Waals surface area contributed by atoms with Crippen LogP contribution in [0.3, 0.4) is 0 Å². The lowest BCUT2D eigenvalue weighted by Crippen LogP contribution is -2.43. The highest BCUT2D eigenvalue weighted by Gasteiger charge is 2.16. The van der Waals surface area contributed by atoms with Crippen LogP contribution >= 0.6 is 11.3 Å². The molecule has 0 saturated carbocycles. The van der Waals surface area contributed by atoms with Crippen LogP contribution in [0.4, 0.5) is 0 Å². The fraction of sp³-hybridized carbons (Fsp3) is 0.267. The van der Waals surface area contributed by atoms with Gasteiger partial charge in [0.25, 0.3) is 0 Å². The van der Waals surface area contributed by atoms with Crippen LogP contribution in [0.15, 0.2) is 47.2 Å². The molecule has 0 aliphatic carbocycles. The number of thiophene rings is 1. The van der Waals surface area contributed by atoms with Gasteiger partial charge < -0.3 is 16.2 Å². The minimum absolute atomic E-state index is 0.179.